The van der Waals surface area contributed by atoms with Crippen molar-refractivity contribution in [3.8, 4) is 0 Å². The van der Waals surface area contributed by atoms with E-state index in [1.807, 2.05) is 0 Å². The van der Waals surface area contributed by atoms with Crippen molar-refractivity contribution in [1.82, 2.24) is 9.55 Å². The normalized spacial score (nSPS) is 16.5. The molecule has 1 aromatic rings. The second-order valence-electron chi connectivity index (χ2n) is 4.84. The van der Waals surface area contributed by atoms with Crippen LogP contribution in [0.5, 0.6) is 0 Å². The minimum Gasteiger partial charge on any atom is -0.376 e. The van der Waals surface area contributed by atoms with E-state index >= 15 is 0 Å². The van der Waals surface area contributed by atoms with Crippen LogP contribution in [0, 0.1) is 10.1 Å². The second-order valence-corrected chi connectivity index (χ2v) is 4.84. The highest BCUT2D eigenvalue weighted by molar-refractivity contribution is 5.51. The molecule has 0 radical (unpaired) electrons. The van der Waals surface area contributed by atoms with Crippen molar-refractivity contribution in [3.05, 3.63) is 16.4 Å². The van der Waals surface area contributed by atoms with Crippen molar-refractivity contribution in [1.29, 1.82) is 0 Å². The molecule has 1 N–H and O–H groups in total. The number of hydrogen-bond donors (Lipinski definition) is 1. The summed E-state index contributed by atoms with van der Waals surface area (Å²) in [5.41, 5.74) is 0. The highest BCUT2D eigenvalue weighted by atomic mass is 16.6. The van der Waals surface area contributed by atoms with Gasteiger partial charge in [0.05, 0.1) is 12.7 Å². The van der Waals surface area contributed by atoms with Gasteiger partial charge in [0.1, 0.15) is 0 Å². The molecule has 7 heteroatoms. The Bertz CT molecular complexity index is 427. The van der Waals surface area contributed by atoms with Gasteiger partial charge < -0.3 is 20.2 Å². The number of nitro groups is 1. The Morgan fingerprint density at radius 2 is 2.26 bits per heavy atom. The van der Waals surface area contributed by atoms with E-state index in [4.69, 9.17) is 4.74 Å². The average molecular weight is 268 g/mol. The van der Waals surface area contributed by atoms with Crippen LogP contribution in [0.1, 0.15) is 32.1 Å². The molecule has 1 aromatic heterocycles. The molecule has 0 aromatic carbocycles. The lowest BCUT2D eigenvalue weighted by Gasteiger charge is -2.22. The SMILES string of the molecule is Cn1cnc([N+](=O)[O-])c1NCCOC1CCCCC1. The van der Waals surface area contributed by atoms with Crippen molar-refractivity contribution in [2.45, 2.75) is 38.2 Å². The smallest absolute Gasteiger partial charge is 0.376 e. The number of nitrogens with zero attached hydrogens (tertiary/aromatic N) is 3. The summed E-state index contributed by atoms with van der Waals surface area (Å²) in [5.74, 6) is 0.289. The van der Waals surface area contributed by atoms with Gasteiger partial charge in [-0.25, -0.2) is 0 Å². The molecule has 0 bridgehead atoms. The number of nitrogens with one attached hydrogen (secondary N) is 1. The van der Waals surface area contributed by atoms with Crippen LogP contribution < -0.4 is 5.32 Å². The Morgan fingerprint density at radius 3 is 2.95 bits per heavy atom. The standard InChI is InChI=1S/C12H20N4O3/c1-15-9-14-12(16(17)18)11(15)13-7-8-19-10-5-3-2-4-6-10/h9-10,13H,2-8H2,1H3. The Balaban J connectivity index is 1.76. The molecular weight excluding hydrogens is 248 g/mol. The largest absolute Gasteiger partial charge is 0.406 e. The molecule has 0 amide bonds. The number of hydrogen-bond acceptors (Lipinski definition) is 5. The minimum absolute atomic E-state index is 0.139. The lowest BCUT2D eigenvalue weighted by molar-refractivity contribution is -0.388. The molecule has 1 heterocycles. The predicted molar refractivity (Wildman–Crippen MR) is 71.2 cm³/mol. The van der Waals surface area contributed by atoms with Gasteiger partial charge in [-0.05, 0) is 22.7 Å². The first-order valence-corrected chi connectivity index (χ1v) is 6.69. The van der Waals surface area contributed by atoms with Gasteiger partial charge in [-0.2, -0.15) is 0 Å². The number of aryl methyl sites for hydroxylation is 1. The van der Waals surface area contributed by atoms with E-state index in [9.17, 15) is 10.1 Å². The zero-order chi connectivity index (χ0) is 13.7. The van der Waals surface area contributed by atoms with Gasteiger partial charge in [0.2, 0.25) is 12.1 Å². The lowest BCUT2D eigenvalue weighted by Crippen LogP contribution is -2.21. The van der Waals surface area contributed by atoms with Crippen LogP contribution in [0.15, 0.2) is 6.33 Å². The van der Waals surface area contributed by atoms with Crippen LogP contribution >= 0.6 is 0 Å². The highest BCUT2D eigenvalue weighted by Crippen LogP contribution is 2.22. The highest BCUT2D eigenvalue weighted by Gasteiger charge is 2.19. The Labute approximate surface area is 112 Å². The van der Waals surface area contributed by atoms with E-state index in [1.165, 1.54) is 25.6 Å². The third kappa shape index (κ3) is 3.66. The molecule has 1 aliphatic carbocycles. The lowest BCUT2D eigenvalue weighted by atomic mass is 9.98. The van der Waals surface area contributed by atoms with Crippen LogP contribution in [0.4, 0.5) is 11.6 Å². The van der Waals surface area contributed by atoms with Crippen LogP contribution in [-0.4, -0.2) is 33.7 Å². The van der Waals surface area contributed by atoms with Gasteiger partial charge in [0, 0.05) is 13.6 Å². The topological polar surface area (TPSA) is 82.2 Å². The van der Waals surface area contributed by atoms with Crippen LogP contribution in [0.25, 0.3) is 0 Å². The average Bonchev–Trinajstić information content (AvgIpc) is 2.77. The van der Waals surface area contributed by atoms with E-state index in [0.717, 1.165) is 12.8 Å². The van der Waals surface area contributed by atoms with Crippen molar-refractivity contribution in [3.63, 3.8) is 0 Å². The maximum absolute atomic E-state index is 10.8. The monoisotopic (exact) mass is 268 g/mol. The summed E-state index contributed by atoms with van der Waals surface area (Å²) in [5, 5.41) is 13.8. The van der Waals surface area contributed by atoms with Gasteiger partial charge in [0.25, 0.3) is 0 Å². The molecule has 0 spiro atoms. The molecule has 7 nitrogen and oxygen atoms in total. The van der Waals surface area contributed by atoms with Gasteiger partial charge in [0.15, 0.2) is 0 Å². The quantitative estimate of drug-likeness (QED) is 0.485. The molecule has 1 saturated carbocycles. The molecule has 19 heavy (non-hydrogen) atoms. The first kappa shape index (κ1) is 13.8. The first-order valence-electron chi connectivity index (χ1n) is 6.69. The Morgan fingerprint density at radius 1 is 1.53 bits per heavy atom. The zero-order valence-electron chi connectivity index (χ0n) is 11.2. The molecule has 0 atom stereocenters. The van der Waals surface area contributed by atoms with E-state index in [-0.39, 0.29) is 5.82 Å². The van der Waals surface area contributed by atoms with E-state index in [2.05, 4.69) is 10.3 Å². The summed E-state index contributed by atoms with van der Waals surface area (Å²) >= 11 is 0. The van der Waals surface area contributed by atoms with Crippen LogP contribution in [-0.2, 0) is 11.8 Å². The third-order valence-corrected chi connectivity index (χ3v) is 3.39. The molecule has 1 fully saturated rings. The fourth-order valence-corrected chi connectivity index (χ4v) is 2.38. The number of imidazole rings is 1. The second kappa shape index (κ2) is 6.51. The van der Waals surface area contributed by atoms with Crippen molar-refractivity contribution in [2.75, 3.05) is 18.5 Å². The molecule has 2 rings (SSSR count). The fraction of sp³-hybridized carbons (Fsp3) is 0.750. The summed E-state index contributed by atoms with van der Waals surface area (Å²) in [7, 11) is 1.73. The van der Waals surface area contributed by atoms with E-state index < -0.39 is 4.92 Å². The zero-order valence-corrected chi connectivity index (χ0v) is 11.2. The summed E-state index contributed by atoms with van der Waals surface area (Å²) in [6.07, 6.45) is 7.84. The van der Waals surface area contributed by atoms with Gasteiger partial charge >= 0.3 is 5.82 Å². The van der Waals surface area contributed by atoms with Gasteiger partial charge in [-0.1, -0.05) is 19.3 Å². The van der Waals surface area contributed by atoms with Crippen LogP contribution in [0.2, 0.25) is 0 Å². The molecule has 0 aliphatic heterocycles. The summed E-state index contributed by atoms with van der Waals surface area (Å²) in [6.45, 7) is 1.11. The Kier molecular flexibility index (Phi) is 4.73. The maximum atomic E-state index is 10.8. The molecule has 106 valence electrons. The number of rotatable bonds is 6. The molecule has 0 unspecified atom stereocenters. The number of aromatic nitrogens is 2. The minimum atomic E-state index is -0.482. The summed E-state index contributed by atoms with van der Waals surface area (Å²) < 4.78 is 7.37. The molecular formula is C12H20N4O3. The molecule has 0 saturated heterocycles. The van der Waals surface area contributed by atoms with Gasteiger partial charge in [-0.3, -0.25) is 4.57 Å². The maximum Gasteiger partial charge on any atom is 0.406 e. The van der Waals surface area contributed by atoms with Gasteiger partial charge in [-0.15, -0.1) is 0 Å². The van der Waals surface area contributed by atoms with Crippen molar-refractivity contribution >= 4 is 11.6 Å². The van der Waals surface area contributed by atoms with E-state index in [1.54, 1.807) is 11.6 Å². The number of ether oxygens (including phenoxy) is 1. The van der Waals surface area contributed by atoms with Crippen molar-refractivity contribution in [2.24, 2.45) is 7.05 Å². The third-order valence-electron chi connectivity index (χ3n) is 3.39. The predicted octanol–water partition coefficient (Wildman–Crippen LogP) is 2.09. The summed E-state index contributed by atoms with van der Waals surface area (Å²) in [4.78, 5) is 14.0. The van der Waals surface area contributed by atoms with E-state index in [0.29, 0.717) is 25.1 Å². The Hall–Kier alpha value is -1.63. The fourth-order valence-electron chi connectivity index (χ4n) is 2.38. The first-order chi connectivity index (χ1) is 9.18. The summed E-state index contributed by atoms with van der Waals surface area (Å²) in [6, 6.07) is 0. The van der Waals surface area contributed by atoms with Crippen LogP contribution in [0.3, 0.4) is 0 Å². The number of anilines is 1. The molecule has 1 aliphatic rings. The van der Waals surface area contributed by atoms with Crippen molar-refractivity contribution < 1.29 is 9.66 Å².